The van der Waals surface area contributed by atoms with Crippen LogP contribution in [0, 0.1) is 19.8 Å². The third kappa shape index (κ3) is 4.41. The lowest BCUT2D eigenvalue weighted by Gasteiger charge is -2.43. The first kappa shape index (κ1) is 18.6. The minimum atomic E-state index is 0.213. The van der Waals surface area contributed by atoms with Gasteiger partial charge < -0.3 is 10.2 Å². The van der Waals surface area contributed by atoms with Crippen LogP contribution in [0.15, 0.2) is 30.7 Å². The predicted molar refractivity (Wildman–Crippen MR) is 109 cm³/mol. The second kappa shape index (κ2) is 8.11. The molecule has 0 spiro atoms. The number of aromatic nitrogens is 3. The maximum atomic E-state index is 4.85. The van der Waals surface area contributed by atoms with Crippen LogP contribution >= 0.6 is 0 Å². The molecule has 0 aromatic carbocycles. The first-order valence-electron chi connectivity index (χ1n) is 10.5. The lowest BCUT2D eigenvalue weighted by atomic mass is 9.74. The van der Waals surface area contributed by atoms with Gasteiger partial charge in [0.2, 0.25) is 0 Å². The van der Waals surface area contributed by atoms with Gasteiger partial charge in [0.1, 0.15) is 0 Å². The summed E-state index contributed by atoms with van der Waals surface area (Å²) in [6.45, 7) is 11.1. The van der Waals surface area contributed by atoms with E-state index < -0.39 is 0 Å². The fourth-order valence-corrected chi connectivity index (χ4v) is 4.77. The number of hydrogen-bond acceptors (Lipinski definition) is 4. The van der Waals surface area contributed by atoms with Crippen LogP contribution in [-0.2, 0) is 12.0 Å². The SMILES string of the molecule is Cc1ccc(C2(CN3CCC(Cn4cc(C)cn4)CC3)CCNCC2)nc1. The molecule has 5 nitrogen and oxygen atoms in total. The molecule has 0 aliphatic carbocycles. The van der Waals surface area contributed by atoms with Gasteiger partial charge in [-0.15, -0.1) is 0 Å². The Balaban J connectivity index is 1.38. The largest absolute Gasteiger partial charge is 0.317 e. The second-order valence-electron chi connectivity index (χ2n) is 8.71. The highest BCUT2D eigenvalue weighted by Gasteiger charge is 2.37. The van der Waals surface area contributed by atoms with Gasteiger partial charge in [-0.05, 0) is 88.8 Å². The molecule has 2 fully saturated rings. The number of piperidine rings is 2. The molecule has 27 heavy (non-hydrogen) atoms. The first-order chi connectivity index (χ1) is 13.1. The van der Waals surface area contributed by atoms with E-state index in [2.05, 4.69) is 52.2 Å². The Hall–Kier alpha value is -1.72. The third-order valence-corrected chi connectivity index (χ3v) is 6.46. The zero-order valence-corrected chi connectivity index (χ0v) is 16.8. The summed E-state index contributed by atoms with van der Waals surface area (Å²) in [4.78, 5) is 7.54. The summed E-state index contributed by atoms with van der Waals surface area (Å²) >= 11 is 0. The van der Waals surface area contributed by atoms with Crippen molar-refractivity contribution in [1.29, 1.82) is 0 Å². The fraction of sp³-hybridized carbons (Fsp3) is 0.636. The Bertz CT molecular complexity index is 721. The Morgan fingerprint density at radius 2 is 1.85 bits per heavy atom. The average Bonchev–Trinajstić information content (AvgIpc) is 3.09. The number of rotatable bonds is 5. The van der Waals surface area contributed by atoms with Crippen molar-refractivity contribution in [2.24, 2.45) is 5.92 Å². The van der Waals surface area contributed by atoms with E-state index in [0.29, 0.717) is 0 Å². The topological polar surface area (TPSA) is 46.0 Å². The summed E-state index contributed by atoms with van der Waals surface area (Å²) in [7, 11) is 0. The van der Waals surface area contributed by atoms with Crippen molar-refractivity contribution in [3.05, 3.63) is 47.5 Å². The quantitative estimate of drug-likeness (QED) is 0.883. The standard InChI is InChI=1S/C22H33N5/c1-18-3-4-21(24-13-18)22(7-9-23-10-8-22)17-26-11-5-20(6-12-26)16-27-15-19(2)14-25-27/h3-4,13-15,20,23H,5-12,16-17H2,1-2H3. The molecule has 0 atom stereocenters. The molecule has 4 rings (SSSR count). The van der Waals surface area contributed by atoms with Gasteiger partial charge in [0.15, 0.2) is 0 Å². The Morgan fingerprint density at radius 3 is 2.48 bits per heavy atom. The summed E-state index contributed by atoms with van der Waals surface area (Å²) in [6, 6.07) is 4.50. The number of nitrogens with one attached hydrogen (secondary N) is 1. The van der Waals surface area contributed by atoms with Gasteiger partial charge in [-0.25, -0.2) is 0 Å². The predicted octanol–water partition coefficient (Wildman–Crippen LogP) is 2.93. The highest BCUT2D eigenvalue weighted by atomic mass is 15.3. The normalized spacial score (nSPS) is 21.4. The van der Waals surface area contributed by atoms with Crippen LogP contribution in [-0.4, -0.2) is 52.4 Å². The van der Waals surface area contributed by atoms with Crippen molar-refractivity contribution in [3.8, 4) is 0 Å². The molecule has 2 aromatic heterocycles. The summed E-state index contributed by atoms with van der Waals surface area (Å²) in [6.07, 6.45) is 11.1. The Morgan fingerprint density at radius 1 is 1.07 bits per heavy atom. The smallest absolute Gasteiger partial charge is 0.0518 e. The maximum absolute atomic E-state index is 4.85. The van der Waals surface area contributed by atoms with Crippen molar-refractivity contribution in [3.63, 3.8) is 0 Å². The van der Waals surface area contributed by atoms with Gasteiger partial charge in [0.05, 0.1) is 6.20 Å². The molecule has 1 N–H and O–H groups in total. The van der Waals surface area contributed by atoms with Gasteiger partial charge in [0, 0.05) is 36.6 Å². The van der Waals surface area contributed by atoms with Crippen LogP contribution in [0.4, 0.5) is 0 Å². The lowest BCUT2D eigenvalue weighted by Crippen LogP contribution is -2.50. The lowest BCUT2D eigenvalue weighted by molar-refractivity contribution is 0.120. The minimum Gasteiger partial charge on any atom is -0.317 e. The molecule has 4 heterocycles. The van der Waals surface area contributed by atoms with Gasteiger partial charge in [-0.3, -0.25) is 9.67 Å². The summed E-state index contributed by atoms with van der Waals surface area (Å²) < 4.78 is 2.13. The fourth-order valence-electron chi connectivity index (χ4n) is 4.77. The van der Waals surface area contributed by atoms with Crippen LogP contribution in [0.3, 0.4) is 0 Å². The van der Waals surface area contributed by atoms with E-state index in [1.54, 1.807) is 0 Å². The van der Waals surface area contributed by atoms with E-state index in [0.717, 1.165) is 32.1 Å². The summed E-state index contributed by atoms with van der Waals surface area (Å²) in [5.74, 6) is 0.752. The van der Waals surface area contributed by atoms with E-state index in [4.69, 9.17) is 4.98 Å². The van der Waals surface area contributed by atoms with Crippen molar-refractivity contribution < 1.29 is 0 Å². The van der Waals surface area contributed by atoms with Crippen LogP contribution in [0.2, 0.25) is 0 Å². The van der Waals surface area contributed by atoms with Crippen molar-refractivity contribution in [2.45, 2.75) is 51.5 Å². The van der Waals surface area contributed by atoms with Crippen molar-refractivity contribution in [2.75, 3.05) is 32.7 Å². The van der Waals surface area contributed by atoms with Crippen molar-refractivity contribution >= 4 is 0 Å². The maximum Gasteiger partial charge on any atom is 0.0518 e. The molecular weight excluding hydrogens is 334 g/mol. The first-order valence-corrected chi connectivity index (χ1v) is 10.5. The van der Waals surface area contributed by atoms with Crippen LogP contribution in [0.5, 0.6) is 0 Å². The molecule has 2 aliphatic rings. The van der Waals surface area contributed by atoms with Gasteiger partial charge in [-0.1, -0.05) is 6.07 Å². The minimum absolute atomic E-state index is 0.213. The molecule has 146 valence electrons. The molecule has 0 unspecified atom stereocenters. The highest BCUT2D eigenvalue weighted by molar-refractivity contribution is 5.22. The number of likely N-dealkylation sites (tertiary alicyclic amines) is 1. The van der Waals surface area contributed by atoms with Gasteiger partial charge >= 0.3 is 0 Å². The number of hydrogen-bond donors (Lipinski definition) is 1. The summed E-state index contributed by atoms with van der Waals surface area (Å²) in [5, 5.41) is 8.01. The van der Waals surface area contributed by atoms with E-state index in [1.807, 2.05) is 12.4 Å². The molecule has 2 aliphatic heterocycles. The van der Waals surface area contributed by atoms with E-state index in [9.17, 15) is 0 Å². The number of pyridine rings is 1. The molecule has 5 heteroatoms. The monoisotopic (exact) mass is 367 g/mol. The average molecular weight is 368 g/mol. The molecular formula is C22H33N5. The zero-order chi connectivity index (χ0) is 18.7. The third-order valence-electron chi connectivity index (χ3n) is 6.46. The van der Waals surface area contributed by atoms with Crippen LogP contribution in [0.25, 0.3) is 0 Å². The number of aryl methyl sites for hydroxylation is 2. The Kier molecular flexibility index (Phi) is 5.60. The van der Waals surface area contributed by atoms with E-state index in [1.165, 1.54) is 55.6 Å². The molecule has 2 aromatic rings. The van der Waals surface area contributed by atoms with Crippen LogP contribution in [0.1, 0.15) is 42.5 Å². The molecule has 0 radical (unpaired) electrons. The Labute approximate surface area is 163 Å². The summed E-state index contributed by atoms with van der Waals surface area (Å²) in [5.41, 5.74) is 4.01. The van der Waals surface area contributed by atoms with Crippen molar-refractivity contribution in [1.82, 2.24) is 25.0 Å². The highest BCUT2D eigenvalue weighted by Crippen LogP contribution is 2.34. The van der Waals surface area contributed by atoms with Crippen LogP contribution < -0.4 is 5.32 Å². The molecule has 2 saturated heterocycles. The second-order valence-corrected chi connectivity index (χ2v) is 8.71. The molecule has 0 saturated carbocycles. The van der Waals surface area contributed by atoms with E-state index in [-0.39, 0.29) is 5.41 Å². The van der Waals surface area contributed by atoms with Gasteiger partial charge in [-0.2, -0.15) is 5.10 Å². The molecule has 0 amide bonds. The number of nitrogens with zero attached hydrogens (tertiary/aromatic N) is 4. The zero-order valence-electron chi connectivity index (χ0n) is 16.8. The van der Waals surface area contributed by atoms with E-state index >= 15 is 0 Å². The van der Waals surface area contributed by atoms with Gasteiger partial charge in [0.25, 0.3) is 0 Å². The molecule has 0 bridgehead atoms.